The fourth-order valence-electron chi connectivity index (χ4n) is 2.91. The summed E-state index contributed by atoms with van der Waals surface area (Å²) in [6, 6.07) is 5.60. The van der Waals surface area contributed by atoms with E-state index in [-0.39, 0.29) is 24.2 Å². The van der Waals surface area contributed by atoms with Gasteiger partial charge >= 0.3 is 5.97 Å². The Hall–Kier alpha value is -2.48. The number of nitrogens with zero attached hydrogens (tertiary/aromatic N) is 3. The topological polar surface area (TPSA) is 84.4 Å². The third-order valence-electron chi connectivity index (χ3n) is 4.18. The lowest BCUT2D eigenvalue weighted by Gasteiger charge is -2.31. The van der Waals surface area contributed by atoms with Crippen molar-refractivity contribution in [1.29, 1.82) is 0 Å². The summed E-state index contributed by atoms with van der Waals surface area (Å²) in [5.41, 5.74) is 0.719. The van der Waals surface area contributed by atoms with Gasteiger partial charge in [0.2, 0.25) is 5.91 Å². The number of thiazole rings is 1. The van der Waals surface area contributed by atoms with Gasteiger partial charge in [-0.3, -0.25) is 9.59 Å². The minimum atomic E-state index is -0.218. The normalized spacial score (nSPS) is 17.0. The molecule has 8 heteroatoms. The number of piperidine rings is 1. The van der Waals surface area contributed by atoms with E-state index in [2.05, 4.69) is 15.3 Å². The summed E-state index contributed by atoms with van der Waals surface area (Å²) in [4.78, 5) is 34.9. The van der Waals surface area contributed by atoms with Crippen LogP contribution in [-0.2, 0) is 20.7 Å². The molecule has 1 aliphatic heterocycles. The fourth-order valence-corrected chi connectivity index (χ4v) is 3.63. The number of rotatable bonds is 6. The number of pyridine rings is 1. The number of ether oxygens (including phenoxy) is 1. The van der Waals surface area contributed by atoms with Crippen LogP contribution in [0.2, 0.25) is 0 Å². The Bertz CT molecular complexity index is 750. The first-order valence-corrected chi connectivity index (χ1v) is 9.60. The second kappa shape index (κ2) is 8.75. The van der Waals surface area contributed by atoms with Crippen molar-refractivity contribution in [2.45, 2.75) is 26.2 Å². The van der Waals surface area contributed by atoms with Gasteiger partial charge in [0.1, 0.15) is 5.82 Å². The van der Waals surface area contributed by atoms with Crippen LogP contribution in [0.15, 0.2) is 29.8 Å². The second-order valence-electron chi connectivity index (χ2n) is 6.09. The number of esters is 1. The summed E-state index contributed by atoms with van der Waals surface area (Å²) < 4.78 is 5.09. The maximum absolute atomic E-state index is 12.6. The smallest absolute Gasteiger partial charge is 0.310 e. The molecular weight excluding hydrogens is 352 g/mol. The zero-order valence-corrected chi connectivity index (χ0v) is 15.5. The SMILES string of the molecule is CCOC(=O)C1CCCN(C(=O)Cc2csc(Nc3ccccn3)n2)C1. The zero-order chi connectivity index (χ0) is 18.4. The van der Waals surface area contributed by atoms with Crippen LogP contribution in [-0.4, -0.2) is 46.4 Å². The minimum Gasteiger partial charge on any atom is -0.466 e. The summed E-state index contributed by atoms with van der Waals surface area (Å²) >= 11 is 1.44. The van der Waals surface area contributed by atoms with Crippen LogP contribution in [0, 0.1) is 5.92 Å². The molecule has 0 aromatic carbocycles. The molecule has 1 saturated heterocycles. The van der Waals surface area contributed by atoms with E-state index in [0.717, 1.165) is 18.5 Å². The molecule has 1 amide bonds. The Morgan fingerprint density at radius 2 is 2.31 bits per heavy atom. The lowest BCUT2D eigenvalue weighted by atomic mass is 9.98. The molecule has 0 bridgehead atoms. The zero-order valence-electron chi connectivity index (χ0n) is 14.7. The molecule has 2 aromatic rings. The first-order chi connectivity index (χ1) is 12.7. The van der Waals surface area contributed by atoms with Crippen LogP contribution in [0.3, 0.4) is 0 Å². The molecule has 0 spiro atoms. The Morgan fingerprint density at radius 1 is 1.42 bits per heavy atom. The predicted molar refractivity (Wildman–Crippen MR) is 99.3 cm³/mol. The summed E-state index contributed by atoms with van der Waals surface area (Å²) in [5.74, 6) is 0.284. The van der Waals surface area contributed by atoms with Gasteiger partial charge in [-0.05, 0) is 31.9 Å². The number of hydrogen-bond acceptors (Lipinski definition) is 7. The van der Waals surface area contributed by atoms with E-state index in [1.807, 2.05) is 23.6 Å². The van der Waals surface area contributed by atoms with Crippen LogP contribution < -0.4 is 5.32 Å². The van der Waals surface area contributed by atoms with Crippen LogP contribution in [0.25, 0.3) is 0 Å². The molecule has 0 saturated carbocycles. The fraction of sp³-hybridized carbons (Fsp3) is 0.444. The third kappa shape index (κ3) is 4.78. The standard InChI is InChI=1S/C18H22N4O3S/c1-2-25-17(24)13-6-5-9-22(11-13)16(23)10-14-12-26-18(20-14)21-15-7-3-4-8-19-15/h3-4,7-8,12-13H,2,5-6,9-11H2,1H3,(H,19,20,21). The van der Waals surface area contributed by atoms with E-state index in [1.54, 1.807) is 18.0 Å². The quantitative estimate of drug-likeness (QED) is 0.783. The van der Waals surface area contributed by atoms with Crippen molar-refractivity contribution < 1.29 is 14.3 Å². The van der Waals surface area contributed by atoms with Crippen molar-refractivity contribution in [3.8, 4) is 0 Å². The maximum Gasteiger partial charge on any atom is 0.310 e. The van der Waals surface area contributed by atoms with E-state index in [1.165, 1.54) is 11.3 Å². The molecule has 1 fully saturated rings. The second-order valence-corrected chi connectivity index (χ2v) is 6.95. The Kier molecular flexibility index (Phi) is 6.17. The highest BCUT2D eigenvalue weighted by atomic mass is 32.1. The van der Waals surface area contributed by atoms with Crippen LogP contribution in [0.5, 0.6) is 0 Å². The van der Waals surface area contributed by atoms with Gasteiger partial charge in [-0.1, -0.05) is 6.07 Å². The van der Waals surface area contributed by atoms with Crippen molar-refractivity contribution in [3.05, 3.63) is 35.5 Å². The van der Waals surface area contributed by atoms with Crippen molar-refractivity contribution in [2.24, 2.45) is 5.92 Å². The van der Waals surface area contributed by atoms with Gasteiger partial charge in [-0.2, -0.15) is 0 Å². The number of hydrogen-bond donors (Lipinski definition) is 1. The molecule has 1 N–H and O–H groups in total. The molecule has 7 nitrogen and oxygen atoms in total. The van der Waals surface area contributed by atoms with E-state index in [4.69, 9.17) is 4.74 Å². The highest BCUT2D eigenvalue weighted by Gasteiger charge is 2.29. The number of carbonyl (C=O) groups excluding carboxylic acids is 2. The molecule has 2 aromatic heterocycles. The average Bonchev–Trinajstić information content (AvgIpc) is 3.09. The van der Waals surface area contributed by atoms with Crippen molar-refractivity contribution in [1.82, 2.24) is 14.9 Å². The van der Waals surface area contributed by atoms with Gasteiger partial charge in [0.05, 0.1) is 24.6 Å². The van der Waals surface area contributed by atoms with E-state index in [9.17, 15) is 9.59 Å². The van der Waals surface area contributed by atoms with Crippen molar-refractivity contribution in [3.63, 3.8) is 0 Å². The lowest BCUT2D eigenvalue weighted by Crippen LogP contribution is -2.43. The Balaban J connectivity index is 1.55. The van der Waals surface area contributed by atoms with Crippen LogP contribution in [0.1, 0.15) is 25.5 Å². The van der Waals surface area contributed by atoms with Crippen LogP contribution >= 0.6 is 11.3 Å². The lowest BCUT2D eigenvalue weighted by molar-refractivity contribution is -0.151. The van der Waals surface area contributed by atoms with Crippen molar-refractivity contribution in [2.75, 3.05) is 25.0 Å². The minimum absolute atomic E-state index is 0.00585. The molecule has 138 valence electrons. The van der Waals surface area contributed by atoms with Crippen molar-refractivity contribution >= 4 is 34.2 Å². The van der Waals surface area contributed by atoms with Gasteiger partial charge in [0.25, 0.3) is 0 Å². The molecular formula is C18H22N4O3S. The maximum atomic E-state index is 12.6. The summed E-state index contributed by atoms with van der Waals surface area (Å²) in [6.45, 7) is 3.27. The Morgan fingerprint density at radius 3 is 3.08 bits per heavy atom. The average molecular weight is 374 g/mol. The van der Waals surface area contributed by atoms with Gasteiger partial charge in [-0.15, -0.1) is 11.3 Å². The third-order valence-corrected chi connectivity index (χ3v) is 4.98. The summed E-state index contributed by atoms with van der Waals surface area (Å²) in [6.07, 6.45) is 3.53. The Labute approximate surface area is 156 Å². The molecule has 1 atom stereocenters. The molecule has 3 heterocycles. The largest absolute Gasteiger partial charge is 0.466 e. The van der Waals surface area contributed by atoms with E-state index >= 15 is 0 Å². The highest BCUT2D eigenvalue weighted by Crippen LogP contribution is 2.22. The predicted octanol–water partition coefficient (Wildman–Crippen LogP) is 2.63. The summed E-state index contributed by atoms with van der Waals surface area (Å²) in [5, 5.41) is 5.70. The first kappa shape index (κ1) is 18.3. The number of nitrogens with one attached hydrogen (secondary N) is 1. The molecule has 1 unspecified atom stereocenters. The molecule has 1 aliphatic rings. The molecule has 0 aliphatic carbocycles. The number of anilines is 2. The summed E-state index contributed by atoms with van der Waals surface area (Å²) in [7, 11) is 0. The number of aromatic nitrogens is 2. The number of amides is 1. The van der Waals surface area contributed by atoms with Gasteiger partial charge in [-0.25, -0.2) is 9.97 Å². The van der Waals surface area contributed by atoms with Crippen LogP contribution in [0.4, 0.5) is 10.9 Å². The van der Waals surface area contributed by atoms with Gasteiger partial charge in [0, 0.05) is 24.7 Å². The van der Waals surface area contributed by atoms with E-state index < -0.39 is 0 Å². The highest BCUT2D eigenvalue weighted by molar-refractivity contribution is 7.13. The number of likely N-dealkylation sites (tertiary alicyclic amines) is 1. The number of carbonyl (C=O) groups is 2. The first-order valence-electron chi connectivity index (χ1n) is 8.72. The monoisotopic (exact) mass is 374 g/mol. The molecule has 0 radical (unpaired) electrons. The molecule has 3 rings (SSSR count). The van der Waals surface area contributed by atoms with Gasteiger partial charge < -0.3 is 15.0 Å². The van der Waals surface area contributed by atoms with Gasteiger partial charge in [0.15, 0.2) is 5.13 Å². The van der Waals surface area contributed by atoms with E-state index in [0.29, 0.717) is 30.6 Å². The molecule has 26 heavy (non-hydrogen) atoms.